The lowest BCUT2D eigenvalue weighted by Gasteiger charge is -2.12. The van der Waals surface area contributed by atoms with Crippen LogP contribution in [-0.2, 0) is 6.42 Å². The van der Waals surface area contributed by atoms with Crippen LogP contribution in [0.5, 0.6) is 5.75 Å². The van der Waals surface area contributed by atoms with Crippen molar-refractivity contribution in [2.24, 2.45) is 0 Å². The summed E-state index contributed by atoms with van der Waals surface area (Å²) in [4.78, 5) is 0. The van der Waals surface area contributed by atoms with Gasteiger partial charge in [-0.25, -0.2) is 13.2 Å². The maximum Gasteiger partial charge on any atom is 0.201 e. The third-order valence-electron chi connectivity index (χ3n) is 4.79. The van der Waals surface area contributed by atoms with Crippen LogP contribution in [0.3, 0.4) is 0 Å². The summed E-state index contributed by atoms with van der Waals surface area (Å²) < 4.78 is 74.4. The minimum Gasteiger partial charge on any atom is -0.491 e. The average molecular weight is 426 g/mol. The molecule has 0 fully saturated rings. The van der Waals surface area contributed by atoms with Gasteiger partial charge in [0.05, 0.1) is 13.3 Å². The molecular formula is C24H27F5O. The molecule has 0 aliphatic heterocycles. The lowest BCUT2D eigenvalue weighted by atomic mass is 9.99. The zero-order valence-electron chi connectivity index (χ0n) is 17.1. The maximum atomic E-state index is 14.6. The number of alkyl halides is 1. The van der Waals surface area contributed by atoms with Crippen molar-refractivity contribution in [1.29, 1.82) is 0 Å². The van der Waals surface area contributed by atoms with Gasteiger partial charge >= 0.3 is 0 Å². The van der Waals surface area contributed by atoms with Crippen molar-refractivity contribution in [2.75, 3.05) is 13.3 Å². The SMILES string of the molecule is CCOc1ccc(-c2ccc(CCCCC/C=C\CCCF)c(F)c2F)c(F)c1F. The Labute approximate surface area is 174 Å². The topological polar surface area (TPSA) is 9.23 Å². The summed E-state index contributed by atoms with van der Waals surface area (Å²) in [5.41, 5.74) is -0.464. The van der Waals surface area contributed by atoms with Crippen LogP contribution in [0, 0.1) is 23.3 Å². The Morgan fingerprint density at radius 1 is 0.733 bits per heavy atom. The third kappa shape index (κ3) is 6.31. The molecule has 0 saturated heterocycles. The van der Waals surface area contributed by atoms with Crippen molar-refractivity contribution in [3.05, 3.63) is 65.2 Å². The minimum absolute atomic E-state index is 0.156. The molecule has 6 heteroatoms. The molecule has 0 bridgehead atoms. The fourth-order valence-electron chi connectivity index (χ4n) is 3.18. The highest BCUT2D eigenvalue weighted by atomic mass is 19.2. The van der Waals surface area contributed by atoms with E-state index in [0.717, 1.165) is 25.7 Å². The van der Waals surface area contributed by atoms with Gasteiger partial charge in [-0.1, -0.05) is 30.7 Å². The first-order valence-electron chi connectivity index (χ1n) is 10.3. The Balaban J connectivity index is 1.99. The van der Waals surface area contributed by atoms with Crippen LogP contribution in [0.15, 0.2) is 36.4 Å². The Morgan fingerprint density at radius 3 is 2.03 bits per heavy atom. The molecule has 0 aromatic heterocycles. The van der Waals surface area contributed by atoms with Gasteiger partial charge < -0.3 is 4.74 Å². The van der Waals surface area contributed by atoms with Crippen LogP contribution in [0.25, 0.3) is 11.1 Å². The van der Waals surface area contributed by atoms with Crippen molar-refractivity contribution in [3.63, 3.8) is 0 Å². The van der Waals surface area contributed by atoms with Crippen LogP contribution in [-0.4, -0.2) is 13.3 Å². The second-order valence-corrected chi connectivity index (χ2v) is 6.97. The van der Waals surface area contributed by atoms with Crippen LogP contribution >= 0.6 is 0 Å². The zero-order chi connectivity index (χ0) is 21.9. The smallest absolute Gasteiger partial charge is 0.201 e. The van der Waals surface area contributed by atoms with E-state index < -0.39 is 23.3 Å². The molecule has 0 heterocycles. The van der Waals surface area contributed by atoms with Gasteiger partial charge in [0.15, 0.2) is 23.2 Å². The minimum atomic E-state index is -1.27. The molecule has 0 aliphatic carbocycles. The van der Waals surface area contributed by atoms with Crippen molar-refractivity contribution < 1.29 is 26.7 Å². The molecule has 0 N–H and O–H groups in total. The van der Waals surface area contributed by atoms with Crippen molar-refractivity contribution in [2.45, 2.75) is 51.9 Å². The molecule has 0 aliphatic rings. The second-order valence-electron chi connectivity index (χ2n) is 6.97. The summed E-state index contributed by atoms with van der Waals surface area (Å²) in [5.74, 6) is -4.99. The summed E-state index contributed by atoms with van der Waals surface area (Å²) in [6.07, 6.45) is 8.88. The summed E-state index contributed by atoms with van der Waals surface area (Å²) >= 11 is 0. The number of benzene rings is 2. The summed E-state index contributed by atoms with van der Waals surface area (Å²) in [7, 11) is 0. The number of aryl methyl sites for hydroxylation is 1. The predicted molar refractivity (Wildman–Crippen MR) is 109 cm³/mol. The van der Waals surface area contributed by atoms with Crippen molar-refractivity contribution in [1.82, 2.24) is 0 Å². The quantitative estimate of drug-likeness (QED) is 0.192. The first-order valence-corrected chi connectivity index (χ1v) is 10.3. The fourth-order valence-corrected chi connectivity index (χ4v) is 3.18. The van der Waals surface area contributed by atoms with Crippen molar-refractivity contribution in [3.8, 4) is 16.9 Å². The normalized spacial score (nSPS) is 11.4. The van der Waals surface area contributed by atoms with Gasteiger partial charge in [-0.05, 0) is 63.1 Å². The largest absolute Gasteiger partial charge is 0.491 e. The van der Waals surface area contributed by atoms with E-state index in [2.05, 4.69) is 0 Å². The number of hydrogen-bond donors (Lipinski definition) is 0. The molecule has 0 atom stereocenters. The van der Waals surface area contributed by atoms with E-state index in [1.165, 1.54) is 24.3 Å². The van der Waals surface area contributed by atoms with Crippen molar-refractivity contribution >= 4 is 0 Å². The number of hydrogen-bond acceptors (Lipinski definition) is 1. The average Bonchev–Trinajstić information content (AvgIpc) is 2.74. The van der Waals surface area contributed by atoms with Gasteiger partial charge in [0.1, 0.15) is 0 Å². The molecule has 1 nitrogen and oxygen atoms in total. The first kappa shape index (κ1) is 23.9. The first-order chi connectivity index (χ1) is 14.5. The molecule has 164 valence electrons. The van der Waals surface area contributed by atoms with E-state index in [4.69, 9.17) is 4.74 Å². The lowest BCUT2D eigenvalue weighted by molar-refractivity contribution is 0.314. The summed E-state index contributed by atoms with van der Waals surface area (Å²) in [6, 6.07) is 5.08. The van der Waals surface area contributed by atoms with Crippen LogP contribution in [0.2, 0.25) is 0 Å². The molecule has 0 spiro atoms. The highest BCUT2D eigenvalue weighted by molar-refractivity contribution is 5.66. The van der Waals surface area contributed by atoms with E-state index in [0.29, 0.717) is 19.3 Å². The molecule has 30 heavy (non-hydrogen) atoms. The van der Waals surface area contributed by atoms with Gasteiger partial charge in [-0.3, -0.25) is 4.39 Å². The van der Waals surface area contributed by atoms with Gasteiger partial charge in [-0.15, -0.1) is 0 Å². The van der Waals surface area contributed by atoms with Gasteiger partial charge in [-0.2, -0.15) is 4.39 Å². The number of halogens is 5. The molecule has 2 rings (SSSR count). The number of allylic oxidation sites excluding steroid dienone is 2. The van der Waals surface area contributed by atoms with Gasteiger partial charge in [0.2, 0.25) is 5.82 Å². The summed E-state index contributed by atoms with van der Waals surface area (Å²) in [5, 5.41) is 0. The van der Waals surface area contributed by atoms with Crippen LogP contribution in [0.4, 0.5) is 22.0 Å². The predicted octanol–water partition coefficient (Wildman–Crippen LogP) is 7.72. The lowest BCUT2D eigenvalue weighted by Crippen LogP contribution is -2.02. The van der Waals surface area contributed by atoms with E-state index >= 15 is 0 Å². The highest BCUT2D eigenvalue weighted by Crippen LogP contribution is 2.33. The van der Waals surface area contributed by atoms with Gasteiger partial charge in [0, 0.05) is 11.1 Å². The fraction of sp³-hybridized carbons (Fsp3) is 0.417. The maximum absolute atomic E-state index is 14.6. The monoisotopic (exact) mass is 426 g/mol. The Hall–Kier alpha value is -2.37. The van der Waals surface area contributed by atoms with E-state index in [-0.39, 0.29) is 35.7 Å². The Kier molecular flexibility index (Phi) is 9.84. The van der Waals surface area contributed by atoms with Gasteiger partial charge in [0.25, 0.3) is 0 Å². The second kappa shape index (κ2) is 12.4. The Bertz CT molecular complexity index is 848. The zero-order valence-corrected chi connectivity index (χ0v) is 17.1. The third-order valence-corrected chi connectivity index (χ3v) is 4.79. The molecule has 0 radical (unpaired) electrons. The molecule has 0 unspecified atom stereocenters. The van der Waals surface area contributed by atoms with E-state index in [9.17, 15) is 22.0 Å². The molecule has 2 aromatic rings. The standard InChI is InChI=1S/C24H27F5O/c1-2-30-20-15-14-19(23(28)24(20)29)18-13-12-17(21(26)22(18)27)11-9-7-5-3-4-6-8-10-16-25/h4,6,12-15H,2-3,5,7-11,16H2,1H3/b6-4-. The molecule has 0 saturated carbocycles. The molecule has 2 aromatic carbocycles. The number of rotatable bonds is 12. The van der Waals surface area contributed by atoms with E-state index in [1.54, 1.807) is 6.92 Å². The number of ether oxygens (including phenoxy) is 1. The summed E-state index contributed by atoms with van der Waals surface area (Å²) in [6.45, 7) is 1.47. The number of unbranched alkanes of at least 4 members (excludes halogenated alkanes) is 4. The highest BCUT2D eigenvalue weighted by Gasteiger charge is 2.21. The molecule has 0 amide bonds. The van der Waals surface area contributed by atoms with E-state index in [1.807, 2.05) is 12.2 Å². The van der Waals surface area contributed by atoms with Crippen LogP contribution < -0.4 is 4.74 Å². The Morgan fingerprint density at radius 2 is 1.37 bits per heavy atom. The van der Waals surface area contributed by atoms with Crippen LogP contribution in [0.1, 0.15) is 51.0 Å². The molecular weight excluding hydrogens is 399 g/mol.